The number of carboxylic acids is 1. The number of rotatable bonds is 4. The second-order valence-electron chi connectivity index (χ2n) is 4.64. The molecule has 0 aliphatic heterocycles. The topological polar surface area (TPSA) is 77.8 Å². The Balaban J connectivity index is 2.66. The Labute approximate surface area is 116 Å². The predicted octanol–water partition coefficient (Wildman–Crippen LogP) is 2.39. The Kier molecular flexibility index (Phi) is 4.17. The van der Waals surface area contributed by atoms with Crippen LogP contribution < -0.4 is 0 Å². The summed E-state index contributed by atoms with van der Waals surface area (Å²) in [6.07, 6.45) is -1.22. The van der Waals surface area contributed by atoms with E-state index in [-0.39, 0.29) is 11.1 Å². The van der Waals surface area contributed by atoms with Crippen molar-refractivity contribution in [3.8, 4) is 11.1 Å². The third kappa shape index (κ3) is 2.71. The van der Waals surface area contributed by atoms with Gasteiger partial charge in [0.05, 0.1) is 12.2 Å². The molecule has 0 saturated carbocycles. The molecule has 1 unspecified atom stereocenters. The van der Waals surface area contributed by atoms with Crippen LogP contribution in [0.2, 0.25) is 0 Å². The van der Waals surface area contributed by atoms with Crippen LogP contribution in [0.4, 0.5) is 0 Å². The third-order valence-electron chi connectivity index (χ3n) is 3.21. The van der Waals surface area contributed by atoms with Gasteiger partial charge in [-0.25, -0.2) is 4.79 Å². The molecule has 2 rings (SSSR count). The van der Waals surface area contributed by atoms with Crippen molar-refractivity contribution in [1.82, 2.24) is 0 Å². The van der Waals surface area contributed by atoms with Gasteiger partial charge in [-0.3, -0.25) is 0 Å². The Morgan fingerprint density at radius 3 is 2.35 bits per heavy atom. The molecule has 0 fully saturated rings. The van der Waals surface area contributed by atoms with E-state index in [4.69, 9.17) is 5.11 Å². The van der Waals surface area contributed by atoms with Gasteiger partial charge in [0.25, 0.3) is 0 Å². The quantitative estimate of drug-likeness (QED) is 0.798. The number of carbonyl (C=O) groups is 1. The van der Waals surface area contributed by atoms with Gasteiger partial charge in [0.15, 0.2) is 0 Å². The van der Waals surface area contributed by atoms with Crippen LogP contribution in [0.25, 0.3) is 11.1 Å². The lowest BCUT2D eigenvalue weighted by molar-refractivity contribution is 0.0674. The van der Waals surface area contributed by atoms with E-state index in [0.29, 0.717) is 5.56 Å². The number of carboxylic acid groups (broad SMARTS) is 1. The summed E-state index contributed by atoms with van der Waals surface area (Å²) in [7, 11) is 0. The van der Waals surface area contributed by atoms with Crippen LogP contribution in [0.3, 0.4) is 0 Å². The maximum Gasteiger partial charge on any atom is 0.336 e. The van der Waals surface area contributed by atoms with Crippen LogP contribution >= 0.6 is 0 Å². The van der Waals surface area contributed by atoms with Crippen molar-refractivity contribution < 1.29 is 20.1 Å². The smallest absolute Gasteiger partial charge is 0.336 e. The first-order chi connectivity index (χ1) is 9.54. The number of aryl methyl sites for hydroxylation is 1. The van der Waals surface area contributed by atoms with Gasteiger partial charge in [-0.2, -0.15) is 0 Å². The number of hydrogen-bond donors (Lipinski definition) is 3. The molecular weight excluding hydrogens is 256 g/mol. The van der Waals surface area contributed by atoms with Gasteiger partial charge in [-0.05, 0) is 24.1 Å². The molecule has 0 heterocycles. The summed E-state index contributed by atoms with van der Waals surface area (Å²) in [6, 6.07) is 12.4. The molecule has 104 valence electrons. The van der Waals surface area contributed by atoms with Crippen molar-refractivity contribution in [2.45, 2.75) is 13.0 Å². The van der Waals surface area contributed by atoms with Crippen LogP contribution in [-0.4, -0.2) is 27.9 Å². The number of aromatic carboxylic acids is 1. The third-order valence-corrected chi connectivity index (χ3v) is 3.21. The highest BCUT2D eigenvalue weighted by molar-refractivity contribution is 5.92. The van der Waals surface area contributed by atoms with Crippen molar-refractivity contribution >= 4 is 5.97 Å². The Hall–Kier alpha value is -2.17. The fourth-order valence-corrected chi connectivity index (χ4v) is 2.19. The van der Waals surface area contributed by atoms with Crippen molar-refractivity contribution in [1.29, 1.82) is 0 Å². The van der Waals surface area contributed by atoms with Crippen molar-refractivity contribution in [2.24, 2.45) is 0 Å². The van der Waals surface area contributed by atoms with E-state index in [9.17, 15) is 15.0 Å². The monoisotopic (exact) mass is 272 g/mol. The summed E-state index contributed by atoms with van der Waals surface area (Å²) in [4.78, 5) is 11.3. The van der Waals surface area contributed by atoms with Gasteiger partial charge in [0, 0.05) is 5.56 Å². The van der Waals surface area contributed by atoms with E-state index in [2.05, 4.69) is 0 Å². The van der Waals surface area contributed by atoms with Crippen LogP contribution in [0.15, 0.2) is 42.5 Å². The van der Waals surface area contributed by atoms with E-state index >= 15 is 0 Å². The zero-order valence-electron chi connectivity index (χ0n) is 11.1. The summed E-state index contributed by atoms with van der Waals surface area (Å²) in [6.45, 7) is 1.43. The highest BCUT2D eigenvalue weighted by Crippen LogP contribution is 2.31. The molecule has 0 aliphatic carbocycles. The first-order valence-corrected chi connectivity index (χ1v) is 6.26. The second kappa shape index (κ2) is 5.86. The van der Waals surface area contributed by atoms with Gasteiger partial charge in [0.1, 0.15) is 6.10 Å². The molecule has 0 spiro atoms. The van der Waals surface area contributed by atoms with Gasteiger partial charge in [-0.15, -0.1) is 0 Å². The summed E-state index contributed by atoms with van der Waals surface area (Å²) < 4.78 is 0. The fourth-order valence-electron chi connectivity index (χ4n) is 2.19. The van der Waals surface area contributed by atoms with Crippen LogP contribution in [0.5, 0.6) is 0 Å². The standard InChI is InChI=1S/C16H16O4/c1-10-5-7-11(8-6-10)12-3-2-4-13(16(19)20)15(12)14(18)9-17/h2-8,14,17-18H,9H2,1H3,(H,19,20). The zero-order chi connectivity index (χ0) is 14.7. The Morgan fingerprint density at radius 2 is 1.80 bits per heavy atom. The highest BCUT2D eigenvalue weighted by Gasteiger charge is 2.20. The van der Waals surface area contributed by atoms with Gasteiger partial charge < -0.3 is 15.3 Å². The van der Waals surface area contributed by atoms with Crippen LogP contribution in [0.1, 0.15) is 27.6 Å². The van der Waals surface area contributed by atoms with E-state index < -0.39 is 18.7 Å². The largest absolute Gasteiger partial charge is 0.478 e. The molecule has 4 heteroatoms. The van der Waals surface area contributed by atoms with E-state index in [1.165, 1.54) is 6.07 Å². The minimum absolute atomic E-state index is 0.00428. The van der Waals surface area contributed by atoms with E-state index in [1.807, 2.05) is 31.2 Å². The van der Waals surface area contributed by atoms with E-state index in [1.54, 1.807) is 12.1 Å². The predicted molar refractivity (Wildman–Crippen MR) is 75.6 cm³/mol. The molecule has 2 aromatic carbocycles. The number of aliphatic hydroxyl groups is 2. The van der Waals surface area contributed by atoms with Crippen LogP contribution in [0, 0.1) is 6.92 Å². The number of aliphatic hydroxyl groups excluding tert-OH is 2. The molecule has 20 heavy (non-hydrogen) atoms. The first kappa shape index (κ1) is 14.2. The molecule has 0 aliphatic rings. The SMILES string of the molecule is Cc1ccc(-c2cccc(C(=O)O)c2C(O)CO)cc1. The maximum atomic E-state index is 11.3. The van der Waals surface area contributed by atoms with Gasteiger partial charge in [-0.1, -0.05) is 42.0 Å². The molecule has 1 atom stereocenters. The number of hydrogen-bond acceptors (Lipinski definition) is 3. The minimum atomic E-state index is -1.22. The maximum absolute atomic E-state index is 11.3. The lowest BCUT2D eigenvalue weighted by Crippen LogP contribution is -2.11. The lowest BCUT2D eigenvalue weighted by atomic mass is 9.91. The zero-order valence-corrected chi connectivity index (χ0v) is 11.1. The second-order valence-corrected chi connectivity index (χ2v) is 4.64. The van der Waals surface area contributed by atoms with Gasteiger partial charge >= 0.3 is 5.97 Å². The molecule has 0 bridgehead atoms. The number of benzene rings is 2. The van der Waals surface area contributed by atoms with Crippen LogP contribution in [-0.2, 0) is 0 Å². The summed E-state index contributed by atoms with van der Waals surface area (Å²) in [5.41, 5.74) is 2.76. The van der Waals surface area contributed by atoms with Crippen molar-refractivity contribution in [2.75, 3.05) is 6.61 Å². The highest BCUT2D eigenvalue weighted by atomic mass is 16.4. The average Bonchev–Trinajstić information content (AvgIpc) is 2.46. The van der Waals surface area contributed by atoms with Gasteiger partial charge in [0.2, 0.25) is 0 Å². The lowest BCUT2D eigenvalue weighted by Gasteiger charge is -2.16. The molecule has 4 nitrogen and oxygen atoms in total. The van der Waals surface area contributed by atoms with E-state index in [0.717, 1.165) is 11.1 Å². The molecular formula is C16H16O4. The normalized spacial score (nSPS) is 12.2. The van der Waals surface area contributed by atoms with Crippen molar-refractivity contribution in [3.05, 3.63) is 59.2 Å². The summed E-state index contributed by atoms with van der Waals surface area (Å²) >= 11 is 0. The first-order valence-electron chi connectivity index (χ1n) is 6.26. The molecule has 3 N–H and O–H groups in total. The Bertz CT molecular complexity index is 617. The molecule has 0 radical (unpaired) electrons. The summed E-state index contributed by atoms with van der Waals surface area (Å²) in [5, 5.41) is 28.3. The summed E-state index contributed by atoms with van der Waals surface area (Å²) in [5.74, 6) is -1.12. The molecule has 0 aromatic heterocycles. The molecule has 2 aromatic rings. The average molecular weight is 272 g/mol. The molecule has 0 amide bonds. The van der Waals surface area contributed by atoms with Crippen molar-refractivity contribution in [3.63, 3.8) is 0 Å². The fraction of sp³-hybridized carbons (Fsp3) is 0.188. The minimum Gasteiger partial charge on any atom is -0.478 e. The molecule has 0 saturated heterocycles. The Morgan fingerprint density at radius 1 is 1.15 bits per heavy atom.